The van der Waals surface area contributed by atoms with Crippen molar-refractivity contribution in [2.45, 2.75) is 13.1 Å². The first-order valence-electron chi connectivity index (χ1n) is 5.41. The standard InChI is InChI=1S/C12H15N5/c13-6-10-3-4-12(15-8-10)17-16-9-11-2-1-5-14-7-11/h1-5,7-8,16H,6,9,13H2,(H,15,17). The third kappa shape index (κ3) is 3.51. The average Bonchev–Trinajstić information content (AvgIpc) is 2.41. The lowest BCUT2D eigenvalue weighted by atomic mass is 10.3. The van der Waals surface area contributed by atoms with Crippen molar-refractivity contribution in [2.24, 2.45) is 5.73 Å². The minimum absolute atomic E-state index is 0.510. The van der Waals surface area contributed by atoms with Gasteiger partial charge in [-0.05, 0) is 23.3 Å². The lowest BCUT2D eigenvalue weighted by Gasteiger charge is -2.07. The van der Waals surface area contributed by atoms with Crippen LogP contribution in [0.5, 0.6) is 0 Å². The Balaban J connectivity index is 1.82. The smallest absolute Gasteiger partial charge is 0.140 e. The largest absolute Gasteiger partial charge is 0.326 e. The van der Waals surface area contributed by atoms with Gasteiger partial charge in [0.05, 0.1) is 0 Å². The van der Waals surface area contributed by atoms with Crippen LogP contribution in [0, 0.1) is 0 Å². The molecule has 0 saturated heterocycles. The number of anilines is 1. The second-order valence-corrected chi connectivity index (χ2v) is 3.60. The van der Waals surface area contributed by atoms with Crippen molar-refractivity contribution in [1.82, 2.24) is 15.4 Å². The number of nitrogens with two attached hydrogens (primary N) is 1. The molecule has 88 valence electrons. The molecule has 0 amide bonds. The van der Waals surface area contributed by atoms with Crippen LogP contribution >= 0.6 is 0 Å². The molecule has 0 aromatic carbocycles. The fourth-order valence-corrected chi connectivity index (χ4v) is 1.36. The Morgan fingerprint density at radius 1 is 1.12 bits per heavy atom. The number of hydrogen-bond donors (Lipinski definition) is 3. The molecule has 0 bridgehead atoms. The lowest BCUT2D eigenvalue weighted by molar-refractivity contribution is 0.790. The highest BCUT2D eigenvalue weighted by Crippen LogP contribution is 2.03. The molecule has 0 aliphatic rings. The van der Waals surface area contributed by atoms with Crippen LogP contribution in [-0.2, 0) is 13.1 Å². The van der Waals surface area contributed by atoms with Gasteiger partial charge in [0.15, 0.2) is 0 Å². The molecule has 2 rings (SSSR count). The van der Waals surface area contributed by atoms with Crippen LogP contribution in [0.4, 0.5) is 5.82 Å². The van der Waals surface area contributed by atoms with Crippen molar-refractivity contribution in [3.8, 4) is 0 Å². The molecular weight excluding hydrogens is 214 g/mol. The Bertz CT molecular complexity index is 440. The third-order valence-corrected chi connectivity index (χ3v) is 2.29. The Morgan fingerprint density at radius 3 is 2.71 bits per heavy atom. The Morgan fingerprint density at radius 2 is 2.06 bits per heavy atom. The van der Waals surface area contributed by atoms with E-state index < -0.39 is 0 Å². The zero-order valence-electron chi connectivity index (χ0n) is 9.43. The third-order valence-electron chi connectivity index (χ3n) is 2.29. The molecule has 0 unspecified atom stereocenters. The van der Waals surface area contributed by atoms with E-state index in [1.807, 2.05) is 30.5 Å². The van der Waals surface area contributed by atoms with E-state index in [9.17, 15) is 0 Å². The summed E-state index contributed by atoms with van der Waals surface area (Å²) in [6.07, 6.45) is 5.33. The van der Waals surface area contributed by atoms with Crippen molar-refractivity contribution in [3.05, 3.63) is 54.0 Å². The fraction of sp³-hybridized carbons (Fsp3) is 0.167. The fourth-order valence-electron chi connectivity index (χ4n) is 1.36. The summed E-state index contributed by atoms with van der Waals surface area (Å²) in [5, 5.41) is 0. The van der Waals surface area contributed by atoms with Crippen LogP contribution in [0.15, 0.2) is 42.9 Å². The van der Waals surface area contributed by atoms with Crippen molar-refractivity contribution in [1.29, 1.82) is 0 Å². The van der Waals surface area contributed by atoms with E-state index in [0.717, 1.165) is 16.9 Å². The molecule has 2 aromatic heterocycles. The van der Waals surface area contributed by atoms with Gasteiger partial charge in [-0.2, -0.15) is 0 Å². The van der Waals surface area contributed by atoms with Gasteiger partial charge < -0.3 is 11.2 Å². The van der Waals surface area contributed by atoms with E-state index in [1.54, 1.807) is 12.4 Å². The molecule has 0 radical (unpaired) electrons. The quantitative estimate of drug-likeness (QED) is 0.668. The second-order valence-electron chi connectivity index (χ2n) is 3.60. The van der Waals surface area contributed by atoms with Crippen molar-refractivity contribution in [2.75, 3.05) is 5.43 Å². The van der Waals surface area contributed by atoms with E-state index in [4.69, 9.17) is 5.73 Å². The Hall–Kier alpha value is -1.98. The summed E-state index contributed by atoms with van der Waals surface area (Å²) in [7, 11) is 0. The first kappa shape index (κ1) is 11.5. The number of nitrogens with zero attached hydrogens (tertiary/aromatic N) is 2. The van der Waals surface area contributed by atoms with E-state index >= 15 is 0 Å². The molecule has 2 aromatic rings. The van der Waals surface area contributed by atoms with Crippen LogP contribution in [0.2, 0.25) is 0 Å². The minimum atomic E-state index is 0.510. The molecule has 0 spiro atoms. The van der Waals surface area contributed by atoms with Gasteiger partial charge in [-0.1, -0.05) is 12.1 Å². The van der Waals surface area contributed by atoms with Gasteiger partial charge in [0.1, 0.15) is 5.82 Å². The highest BCUT2D eigenvalue weighted by molar-refractivity contribution is 5.34. The maximum atomic E-state index is 5.49. The van der Waals surface area contributed by atoms with Gasteiger partial charge in [-0.3, -0.25) is 4.98 Å². The summed E-state index contributed by atoms with van der Waals surface area (Å²) in [5.74, 6) is 0.770. The predicted octanol–water partition coefficient (Wildman–Crippen LogP) is 1.05. The summed E-state index contributed by atoms with van der Waals surface area (Å²) in [4.78, 5) is 8.25. The lowest BCUT2D eigenvalue weighted by Crippen LogP contribution is -2.21. The van der Waals surface area contributed by atoms with Gasteiger partial charge in [0.25, 0.3) is 0 Å². The average molecular weight is 229 g/mol. The molecule has 5 heteroatoms. The maximum Gasteiger partial charge on any atom is 0.140 e. The van der Waals surface area contributed by atoms with E-state index in [0.29, 0.717) is 13.1 Å². The highest BCUT2D eigenvalue weighted by Gasteiger charge is 1.94. The minimum Gasteiger partial charge on any atom is -0.326 e. The number of aromatic nitrogens is 2. The van der Waals surface area contributed by atoms with Crippen molar-refractivity contribution in [3.63, 3.8) is 0 Å². The Labute approximate surface area is 100 Å². The zero-order chi connectivity index (χ0) is 11.9. The molecule has 2 heterocycles. The topological polar surface area (TPSA) is 75.9 Å². The number of pyridine rings is 2. The summed E-state index contributed by atoms with van der Waals surface area (Å²) >= 11 is 0. The number of nitrogens with one attached hydrogen (secondary N) is 2. The van der Waals surface area contributed by atoms with Gasteiger partial charge in [-0.15, -0.1) is 0 Å². The summed E-state index contributed by atoms with van der Waals surface area (Å²) in [6.45, 7) is 1.20. The van der Waals surface area contributed by atoms with Crippen LogP contribution in [0.1, 0.15) is 11.1 Å². The summed E-state index contributed by atoms with van der Waals surface area (Å²) in [6, 6.07) is 7.75. The van der Waals surface area contributed by atoms with E-state index in [-0.39, 0.29) is 0 Å². The summed E-state index contributed by atoms with van der Waals surface area (Å²) < 4.78 is 0. The zero-order valence-corrected chi connectivity index (χ0v) is 9.43. The highest BCUT2D eigenvalue weighted by atomic mass is 15.4. The molecular formula is C12H15N5. The molecule has 0 atom stereocenters. The molecule has 0 saturated carbocycles. The number of hydrogen-bond acceptors (Lipinski definition) is 5. The maximum absolute atomic E-state index is 5.49. The molecule has 0 fully saturated rings. The molecule has 17 heavy (non-hydrogen) atoms. The van der Waals surface area contributed by atoms with Gasteiger partial charge in [-0.25, -0.2) is 10.4 Å². The number of rotatable bonds is 5. The van der Waals surface area contributed by atoms with Gasteiger partial charge in [0, 0.05) is 31.7 Å². The Kier molecular flexibility index (Phi) is 4.01. The molecule has 5 nitrogen and oxygen atoms in total. The van der Waals surface area contributed by atoms with E-state index in [1.165, 1.54) is 0 Å². The van der Waals surface area contributed by atoms with Crippen molar-refractivity contribution >= 4 is 5.82 Å². The second kappa shape index (κ2) is 5.93. The predicted molar refractivity (Wildman–Crippen MR) is 66.8 cm³/mol. The SMILES string of the molecule is NCc1ccc(NNCc2cccnc2)nc1. The molecule has 4 N–H and O–H groups in total. The summed E-state index contributed by atoms with van der Waals surface area (Å²) in [5.41, 5.74) is 13.7. The van der Waals surface area contributed by atoms with Gasteiger partial charge in [0.2, 0.25) is 0 Å². The first-order chi connectivity index (χ1) is 8.38. The van der Waals surface area contributed by atoms with Gasteiger partial charge >= 0.3 is 0 Å². The van der Waals surface area contributed by atoms with Crippen LogP contribution < -0.4 is 16.6 Å². The van der Waals surface area contributed by atoms with Crippen LogP contribution in [-0.4, -0.2) is 9.97 Å². The van der Waals surface area contributed by atoms with E-state index in [2.05, 4.69) is 20.8 Å². The monoisotopic (exact) mass is 229 g/mol. The van der Waals surface area contributed by atoms with Crippen LogP contribution in [0.25, 0.3) is 0 Å². The van der Waals surface area contributed by atoms with Crippen LogP contribution in [0.3, 0.4) is 0 Å². The molecule has 0 aliphatic heterocycles. The number of hydrazine groups is 1. The normalized spacial score (nSPS) is 10.2. The molecule has 0 aliphatic carbocycles. The first-order valence-corrected chi connectivity index (χ1v) is 5.41. The van der Waals surface area contributed by atoms with Crippen molar-refractivity contribution < 1.29 is 0 Å².